The fraction of sp³-hybridized carbons (Fsp3) is 0.462. The van der Waals surface area contributed by atoms with E-state index in [0.29, 0.717) is 24.1 Å². The van der Waals surface area contributed by atoms with Crippen molar-refractivity contribution in [3.63, 3.8) is 0 Å². The number of hydrogen-bond donors (Lipinski definition) is 4. The summed E-state index contributed by atoms with van der Waals surface area (Å²) in [7, 11) is 0. The number of hydroxylamine groups is 1. The highest BCUT2D eigenvalue weighted by Gasteiger charge is 2.38. The van der Waals surface area contributed by atoms with Gasteiger partial charge in [0.2, 0.25) is 0 Å². The van der Waals surface area contributed by atoms with Crippen LogP contribution in [0.1, 0.15) is 41.1 Å². The molecule has 2 aromatic carbocycles. The van der Waals surface area contributed by atoms with Crippen molar-refractivity contribution in [2.75, 3.05) is 32.8 Å². The number of likely N-dealkylation sites (tertiary alicyclic amines) is 1. The molecule has 0 radical (unpaired) electrons. The van der Waals surface area contributed by atoms with Gasteiger partial charge in [0.25, 0.3) is 5.91 Å². The highest BCUT2D eigenvalue weighted by Crippen LogP contribution is 2.40. The molecule has 202 valence electrons. The molecule has 4 rings (SSSR count). The number of hydrogen-bond acceptors (Lipinski definition) is 6. The van der Waals surface area contributed by atoms with Crippen molar-refractivity contribution >= 4 is 11.9 Å². The number of nitrogens with zero attached hydrogens (tertiary/aromatic N) is 1. The Labute approximate surface area is 213 Å². The summed E-state index contributed by atoms with van der Waals surface area (Å²) in [5.74, 6) is -1.07. The number of ether oxygens (including phenoxy) is 1. The van der Waals surface area contributed by atoms with Gasteiger partial charge in [-0.05, 0) is 74.6 Å². The van der Waals surface area contributed by atoms with Crippen LogP contribution in [0.25, 0.3) is 0 Å². The Hall–Kier alpha value is -3.15. The number of halogens is 3. The molecule has 37 heavy (non-hydrogen) atoms. The van der Waals surface area contributed by atoms with Gasteiger partial charge in [-0.2, -0.15) is 13.2 Å². The van der Waals surface area contributed by atoms with Crippen molar-refractivity contribution in [3.05, 3.63) is 65.7 Å². The molecule has 0 bridgehead atoms. The molecule has 2 fully saturated rings. The number of carbonyl (C=O) groups is 2. The van der Waals surface area contributed by atoms with E-state index in [1.165, 1.54) is 24.8 Å². The third kappa shape index (κ3) is 9.34. The Kier molecular flexibility index (Phi) is 10.3. The van der Waals surface area contributed by atoms with Crippen LogP contribution in [0.3, 0.4) is 0 Å². The second-order valence-corrected chi connectivity index (χ2v) is 9.17. The maximum Gasteiger partial charge on any atom is 0.490 e. The maximum atomic E-state index is 11.3. The summed E-state index contributed by atoms with van der Waals surface area (Å²) in [5, 5.41) is 19.6. The highest BCUT2D eigenvalue weighted by molar-refractivity contribution is 5.93. The van der Waals surface area contributed by atoms with E-state index in [1.54, 1.807) is 29.7 Å². The Morgan fingerprint density at radius 1 is 1.03 bits per heavy atom. The van der Waals surface area contributed by atoms with Crippen molar-refractivity contribution in [2.24, 2.45) is 5.92 Å². The molecule has 2 unspecified atom stereocenters. The second-order valence-electron chi connectivity index (χ2n) is 9.17. The Bertz CT molecular complexity index is 997. The average molecular weight is 524 g/mol. The van der Waals surface area contributed by atoms with Crippen LogP contribution in [-0.4, -0.2) is 72.1 Å². The van der Waals surface area contributed by atoms with Gasteiger partial charge in [0.1, 0.15) is 12.4 Å². The highest BCUT2D eigenvalue weighted by atomic mass is 19.4. The number of alkyl halides is 3. The first-order valence-corrected chi connectivity index (χ1v) is 12.2. The molecule has 4 N–H and O–H groups in total. The number of benzene rings is 2. The molecule has 8 nitrogen and oxygen atoms in total. The Balaban J connectivity index is 0.000000479. The van der Waals surface area contributed by atoms with Gasteiger partial charge >= 0.3 is 12.1 Å². The van der Waals surface area contributed by atoms with Gasteiger partial charge in [-0.1, -0.05) is 30.3 Å². The van der Waals surface area contributed by atoms with Crippen molar-refractivity contribution in [1.29, 1.82) is 0 Å². The average Bonchev–Trinajstić information content (AvgIpc) is 3.68. The lowest BCUT2D eigenvalue weighted by atomic mass is 9.97. The number of piperidine rings is 1. The molecular weight excluding hydrogens is 491 g/mol. The number of aliphatic carboxylic acids is 1. The molecule has 11 heteroatoms. The predicted molar refractivity (Wildman–Crippen MR) is 130 cm³/mol. The first-order chi connectivity index (χ1) is 17.7. The van der Waals surface area contributed by atoms with Gasteiger partial charge in [0.15, 0.2) is 0 Å². The molecular formula is C26H32F3N3O5. The maximum absolute atomic E-state index is 11.3. The summed E-state index contributed by atoms with van der Waals surface area (Å²) in [5.41, 5.74) is 3.50. The van der Waals surface area contributed by atoms with E-state index in [0.717, 1.165) is 37.8 Å². The van der Waals surface area contributed by atoms with Crippen LogP contribution in [-0.2, 0) is 4.79 Å². The largest absolute Gasteiger partial charge is 0.492 e. The smallest absolute Gasteiger partial charge is 0.490 e. The lowest BCUT2D eigenvalue weighted by Crippen LogP contribution is -2.39. The molecule has 1 aliphatic carbocycles. The summed E-state index contributed by atoms with van der Waals surface area (Å²) in [6.45, 7) is 4.93. The van der Waals surface area contributed by atoms with E-state index in [-0.39, 0.29) is 0 Å². The number of rotatable bonds is 9. The second kappa shape index (κ2) is 13.4. The van der Waals surface area contributed by atoms with Gasteiger partial charge in [0, 0.05) is 24.1 Å². The summed E-state index contributed by atoms with van der Waals surface area (Å²) < 4.78 is 37.5. The summed E-state index contributed by atoms with van der Waals surface area (Å²) in [4.78, 5) is 22.7. The topological polar surface area (TPSA) is 111 Å². The molecule has 1 aliphatic heterocycles. The Morgan fingerprint density at radius 3 is 2.22 bits per heavy atom. The monoisotopic (exact) mass is 523 g/mol. The van der Waals surface area contributed by atoms with Gasteiger partial charge < -0.3 is 15.2 Å². The van der Waals surface area contributed by atoms with Gasteiger partial charge in [-0.25, -0.2) is 10.3 Å². The van der Waals surface area contributed by atoms with Crippen molar-refractivity contribution in [2.45, 2.75) is 37.4 Å². The molecule has 1 amide bonds. The minimum atomic E-state index is -5.08. The molecule has 2 aromatic rings. The molecule has 2 atom stereocenters. The number of nitrogens with one attached hydrogen (secondary N) is 2. The van der Waals surface area contributed by atoms with Crippen LogP contribution in [0, 0.1) is 5.92 Å². The van der Waals surface area contributed by atoms with Gasteiger partial charge in [0.05, 0.1) is 0 Å². The molecule has 0 aromatic heterocycles. The standard InChI is InChI=1S/C24H31N3O3.C2HF3O2/c28-24(26-29)20-6-8-21(9-7-20)30-15-14-27-12-10-18(11-13-27)17-25-23-16-22(23)19-4-2-1-3-5-19;3-2(4,5)1(6)7/h1-9,18,22-23,25,29H,10-17H2,(H,26,28);(H,6,7). The number of carboxylic acids is 1. The SMILES string of the molecule is O=C(NO)c1ccc(OCCN2CCC(CNC3CC3c3ccccc3)CC2)cc1.O=C(O)C(F)(F)F. The fourth-order valence-corrected chi connectivity index (χ4v) is 4.28. The van der Waals surface area contributed by atoms with Crippen LogP contribution < -0.4 is 15.5 Å². The number of carbonyl (C=O) groups excluding carboxylic acids is 1. The van der Waals surface area contributed by atoms with Crippen molar-refractivity contribution in [3.8, 4) is 5.75 Å². The first-order valence-electron chi connectivity index (χ1n) is 12.2. The zero-order chi connectivity index (χ0) is 26.8. The summed E-state index contributed by atoms with van der Waals surface area (Å²) in [6.07, 6.45) is -1.34. The minimum absolute atomic E-state index is 0.404. The predicted octanol–water partition coefficient (Wildman–Crippen LogP) is 3.68. The van der Waals surface area contributed by atoms with Gasteiger partial charge in [-0.15, -0.1) is 0 Å². The summed E-state index contributed by atoms with van der Waals surface area (Å²) in [6, 6.07) is 18.3. The summed E-state index contributed by atoms with van der Waals surface area (Å²) >= 11 is 0. The Morgan fingerprint density at radius 2 is 1.65 bits per heavy atom. The molecule has 1 heterocycles. The number of carboxylic acid groups (broad SMARTS) is 1. The van der Waals surface area contributed by atoms with Crippen LogP contribution in [0.4, 0.5) is 13.2 Å². The molecule has 0 spiro atoms. The van der Waals surface area contributed by atoms with E-state index in [9.17, 15) is 18.0 Å². The third-order valence-corrected chi connectivity index (χ3v) is 6.53. The molecule has 2 aliphatic rings. The zero-order valence-corrected chi connectivity index (χ0v) is 20.3. The normalized spacial score (nSPS) is 19.9. The van der Waals surface area contributed by atoms with E-state index in [4.69, 9.17) is 19.8 Å². The van der Waals surface area contributed by atoms with Crippen LogP contribution in [0.5, 0.6) is 5.75 Å². The van der Waals surface area contributed by atoms with E-state index in [1.807, 2.05) is 0 Å². The molecule has 1 saturated heterocycles. The van der Waals surface area contributed by atoms with E-state index >= 15 is 0 Å². The lowest BCUT2D eigenvalue weighted by molar-refractivity contribution is -0.192. The number of amides is 1. The van der Waals surface area contributed by atoms with Crippen molar-refractivity contribution in [1.82, 2.24) is 15.7 Å². The third-order valence-electron chi connectivity index (χ3n) is 6.53. The van der Waals surface area contributed by atoms with Crippen LogP contribution in [0.15, 0.2) is 54.6 Å². The van der Waals surface area contributed by atoms with Gasteiger partial charge in [-0.3, -0.25) is 14.9 Å². The van der Waals surface area contributed by atoms with Crippen LogP contribution in [0.2, 0.25) is 0 Å². The first kappa shape index (κ1) is 28.4. The van der Waals surface area contributed by atoms with Crippen molar-refractivity contribution < 1.29 is 37.8 Å². The fourth-order valence-electron chi connectivity index (χ4n) is 4.28. The van der Waals surface area contributed by atoms with E-state index < -0.39 is 18.1 Å². The minimum Gasteiger partial charge on any atom is -0.492 e. The molecule has 1 saturated carbocycles. The zero-order valence-electron chi connectivity index (χ0n) is 20.3. The van der Waals surface area contributed by atoms with E-state index in [2.05, 4.69) is 40.5 Å². The quantitative estimate of drug-likeness (QED) is 0.293. The van der Waals surface area contributed by atoms with Crippen LogP contribution >= 0.6 is 0 Å². The lowest BCUT2D eigenvalue weighted by Gasteiger charge is -2.32.